The summed E-state index contributed by atoms with van der Waals surface area (Å²) >= 11 is 0. The van der Waals surface area contributed by atoms with Crippen molar-refractivity contribution < 1.29 is 23.5 Å². The number of aromatic nitrogens is 1. The third-order valence-electron chi connectivity index (χ3n) is 5.50. The normalized spacial score (nSPS) is 11.8. The summed E-state index contributed by atoms with van der Waals surface area (Å²) in [6.07, 6.45) is 1.43. The second kappa shape index (κ2) is 9.16. The summed E-state index contributed by atoms with van der Waals surface area (Å²) in [5.41, 5.74) is 2.25. The van der Waals surface area contributed by atoms with Gasteiger partial charge in [-0.15, -0.1) is 0 Å². The number of carboxylic acids is 1. The van der Waals surface area contributed by atoms with Gasteiger partial charge in [0, 0.05) is 18.1 Å². The topological polar surface area (TPSA) is 70.5 Å². The maximum absolute atomic E-state index is 13.7. The predicted octanol–water partition coefficient (Wildman–Crippen LogP) is 5.61. The van der Waals surface area contributed by atoms with Crippen LogP contribution in [-0.4, -0.2) is 26.9 Å². The number of aromatic carboxylic acids is 1. The molecule has 0 bridgehead atoms. The standard InChI is InChI=1S/C26H20F2N2O3/c1-16(18-5-7-22(27)8-6-18)30(15-17-3-2-4-19(11-17)26(32)33)25(31)21-12-20-13-23(28)9-10-24(20)29-14-21/h2-14,16H,15H2,1H3,(H,32,33)/t16-/m1/s1. The fourth-order valence-electron chi connectivity index (χ4n) is 3.69. The second-order valence-corrected chi connectivity index (χ2v) is 7.73. The highest BCUT2D eigenvalue weighted by Crippen LogP contribution is 2.26. The van der Waals surface area contributed by atoms with E-state index in [1.807, 2.05) is 0 Å². The molecule has 4 aromatic rings. The Morgan fingerprint density at radius 2 is 1.67 bits per heavy atom. The summed E-state index contributed by atoms with van der Waals surface area (Å²) in [6, 6.07) is 17.4. The fraction of sp³-hybridized carbons (Fsp3) is 0.115. The first-order chi connectivity index (χ1) is 15.8. The van der Waals surface area contributed by atoms with Crippen molar-refractivity contribution in [3.05, 3.63) is 113 Å². The summed E-state index contributed by atoms with van der Waals surface area (Å²) in [7, 11) is 0. The molecule has 0 fully saturated rings. The van der Waals surface area contributed by atoms with Gasteiger partial charge in [-0.1, -0.05) is 24.3 Å². The van der Waals surface area contributed by atoms with Crippen LogP contribution in [0, 0.1) is 11.6 Å². The van der Waals surface area contributed by atoms with Crippen LogP contribution in [-0.2, 0) is 6.54 Å². The van der Waals surface area contributed by atoms with Crippen LogP contribution in [0.25, 0.3) is 10.9 Å². The number of fused-ring (bicyclic) bond motifs is 1. The van der Waals surface area contributed by atoms with E-state index in [1.54, 1.807) is 42.2 Å². The number of amides is 1. The Labute approximate surface area is 188 Å². The van der Waals surface area contributed by atoms with Crippen molar-refractivity contribution in [1.29, 1.82) is 0 Å². The SMILES string of the molecule is C[C@H](c1ccc(F)cc1)N(Cc1cccc(C(=O)O)c1)C(=O)c1cnc2ccc(F)cc2c1. The summed E-state index contributed by atoms with van der Waals surface area (Å²) in [5, 5.41) is 9.80. The van der Waals surface area contributed by atoms with Crippen LogP contribution >= 0.6 is 0 Å². The molecule has 4 rings (SSSR count). The highest BCUT2D eigenvalue weighted by Gasteiger charge is 2.24. The molecule has 0 spiro atoms. The molecule has 0 aliphatic carbocycles. The molecule has 0 saturated carbocycles. The molecule has 7 heteroatoms. The van der Waals surface area contributed by atoms with Gasteiger partial charge in [0.2, 0.25) is 0 Å². The van der Waals surface area contributed by atoms with Crippen LogP contribution in [0.4, 0.5) is 8.78 Å². The molecule has 0 aliphatic rings. The van der Waals surface area contributed by atoms with Gasteiger partial charge < -0.3 is 10.0 Å². The van der Waals surface area contributed by atoms with Crippen LogP contribution in [0.2, 0.25) is 0 Å². The van der Waals surface area contributed by atoms with Crippen LogP contribution in [0.15, 0.2) is 79.0 Å². The van der Waals surface area contributed by atoms with E-state index in [1.165, 1.54) is 48.7 Å². The van der Waals surface area contributed by atoms with E-state index < -0.39 is 23.6 Å². The van der Waals surface area contributed by atoms with Crippen molar-refractivity contribution in [3.63, 3.8) is 0 Å². The number of benzene rings is 3. The molecular weight excluding hydrogens is 426 g/mol. The third-order valence-corrected chi connectivity index (χ3v) is 5.50. The van der Waals surface area contributed by atoms with Gasteiger partial charge in [0.15, 0.2) is 0 Å². The Balaban J connectivity index is 1.74. The molecule has 0 aliphatic heterocycles. The lowest BCUT2D eigenvalue weighted by Crippen LogP contribution is -2.33. The molecule has 1 N–H and O–H groups in total. The second-order valence-electron chi connectivity index (χ2n) is 7.73. The predicted molar refractivity (Wildman–Crippen MR) is 120 cm³/mol. The molecule has 0 radical (unpaired) electrons. The van der Waals surface area contributed by atoms with Crippen molar-refractivity contribution in [2.75, 3.05) is 0 Å². The molecule has 0 saturated heterocycles. The number of carbonyl (C=O) groups excluding carboxylic acids is 1. The summed E-state index contributed by atoms with van der Waals surface area (Å²) < 4.78 is 27.1. The zero-order valence-electron chi connectivity index (χ0n) is 17.7. The van der Waals surface area contributed by atoms with Gasteiger partial charge >= 0.3 is 5.97 Å². The van der Waals surface area contributed by atoms with E-state index in [0.29, 0.717) is 22.0 Å². The van der Waals surface area contributed by atoms with Gasteiger partial charge in [0.1, 0.15) is 11.6 Å². The number of hydrogen-bond acceptors (Lipinski definition) is 3. The number of carbonyl (C=O) groups is 2. The number of halogens is 2. The fourth-order valence-corrected chi connectivity index (χ4v) is 3.69. The van der Waals surface area contributed by atoms with Crippen molar-refractivity contribution in [2.24, 2.45) is 0 Å². The van der Waals surface area contributed by atoms with Crippen LogP contribution in [0.5, 0.6) is 0 Å². The van der Waals surface area contributed by atoms with Gasteiger partial charge in [-0.25, -0.2) is 13.6 Å². The molecule has 1 aromatic heterocycles. The van der Waals surface area contributed by atoms with Crippen LogP contribution in [0.3, 0.4) is 0 Å². The molecule has 3 aromatic carbocycles. The third kappa shape index (κ3) is 4.87. The van der Waals surface area contributed by atoms with Crippen LogP contribution < -0.4 is 0 Å². The Morgan fingerprint density at radius 1 is 0.939 bits per heavy atom. The summed E-state index contributed by atoms with van der Waals surface area (Å²) in [5.74, 6) is -2.26. The lowest BCUT2D eigenvalue weighted by molar-refractivity contribution is 0.0673. The van der Waals surface area contributed by atoms with Gasteiger partial charge in [-0.2, -0.15) is 0 Å². The van der Waals surface area contributed by atoms with E-state index >= 15 is 0 Å². The first-order valence-corrected chi connectivity index (χ1v) is 10.3. The van der Waals surface area contributed by atoms with Crippen LogP contribution in [0.1, 0.15) is 44.8 Å². The number of carboxylic acid groups (broad SMARTS) is 1. The Morgan fingerprint density at radius 3 is 2.39 bits per heavy atom. The first-order valence-electron chi connectivity index (χ1n) is 10.3. The quantitative estimate of drug-likeness (QED) is 0.418. The zero-order valence-corrected chi connectivity index (χ0v) is 17.7. The highest BCUT2D eigenvalue weighted by atomic mass is 19.1. The van der Waals surface area contributed by atoms with E-state index in [4.69, 9.17) is 0 Å². The summed E-state index contributed by atoms with van der Waals surface area (Å²) in [6.45, 7) is 1.92. The van der Waals surface area contributed by atoms with Gasteiger partial charge in [-0.3, -0.25) is 9.78 Å². The van der Waals surface area contributed by atoms with Crippen molar-refractivity contribution >= 4 is 22.8 Å². The molecule has 166 valence electrons. The molecule has 1 heterocycles. The average Bonchev–Trinajstić information content (AvgIpc) is 2.82. The Hall–Kier alpha value is -4.13. The Kier molecular flexibility index (Phi) is 6.13. The van der Waals surface area contributed by atoms with Crippen molar-refractivity contribution in [3.8, 4) is 0 Å². The lowest BCUT2D eigenvalue weighted by atomic mass is 10.0. The maximum Gasteiger partial charge on any atom is 0.335 e. The smallest absolute Gasteiger partial charge is 0.335 e. The highest BCUT2D eigenvalue weighted by molar-refractivity contribution is 5.97. The molecule has 5 nitrogen and oxygen atoms in total. The Bertz CT molecular complexity index is 1340. The zero-order chi connectivity index (χ0) is 23.5. The minimum absolute atomic E-state index is 0.109. The van der Waals surface area contributed by atoms with Gasteiger partial charge in [0.05, 0.1) is 22.7 Å². The van der Waals surface area contributed by atoms with E-state index in [9.17, 15) is 23.5 Å². The number of pyridine rings is 1. The monoisotopic (exact) mass is 446 g/mol. The van der Waals surface area contributed by atoms with E-state index in [0.717, 1.165) is 0 Å². The lowest BCUT2D eigenvalue weighted by Gasteiger charge is -2.30. The van der Waals surface area contributed by atoms with Crippen molar-refractivity contribution in [2.45, 2.75) is 19.5 Å². The number of nitrogens with zero attached hydrogens (tertiary/aromatic N) is 2. The van der Waals surface area contributed by atoms with E-state index in [2.05, 4.69) is 4.98 Å². The van der Waals surface area contributed by atoms with Gasteiger partial charge in [0.25, 0.3) is 5.91 Å². The molecule has 1 amide bonds. The first kappa shape index (κ1) is 22.1. The summed E-state index contributed by atoms with van der Waals surface area (Å²) in [4.78, 5) is 30.8. The van der Waals surface area contributed by atoms with E-state index in [-0.39, 0.29) is 23.6 Å². The molecule has 33 heavy (non-hydrogen) atoms. The van der Waals surface area contributed by atoms with Crippen molar-refractivity contribution in [1.82, 2.24) is 9.88 Å². The van der Waals surface area contributed by atoms with Gasteiger partial charge in [-0.05, 0) is 66.6 Å². The average molecular weight is 446 g/mol. The minimum Gasteiger partial charge on any atom is -0.478 e. The maximum atomic E-state index is 13.7. The minimum atomic E-state index is -1.07. The number of rotatable bonds is 6. The molecular formula is C26H20F2N2O3. The number of hydrogen-bond donors (Lipinski definition) is 1. The molecule has 1 atom stereocenters. The molecule has 0 unspecified atom stereocenters. The largest absolute Gasteiger partial charge is 0.478 e.